The lowest BCUT2D eigenvalue weighted by Crippen LogP contribution is -2.31. The molecular formula is C24H20ClNO4S. The number of anilines is 1. The van der Waals surface area contributed by atoms with Crippen molar-refractivity contribution in [2.45, 2.75) is 19.6 Å². The molecular weight excluding hydrogens is 434 g/mol. The number of amides is 2. The zero-order chi connectivity index (χ0) is 22.1. The van der Waals surface area contributed by atoms with Gasteiger partial charge in [0.1, 0.15) is 11.5 Å². The number of halogens is 1. The van der Waals surface area contributed by atoms with Gasteiger partial charge in [-0.15, -0.1) is 11.8 Å². The van der Waals surface area contributed by atoms with Crippen LogP contribution in [0, 0.1) is 13.8 Å². The first-order valence-electron chi connectivity index (χ1n) is 9.60. The van der Waals surface area contributed by atoms with Crippen LogP contribution < -0.4 is 9.64 Å². The molecule has 0 radical (unpaired) electrons. The summed E-state index contributed by atoms with van der Waals surface area (Å²) in [5.41, 5.74) is 3.66. The van der Waals surface area contributed by atoms with Crippen LogP contribution in [0.5, 0.6) is 5.75 Å². The molecule has 0 saturated heterocycles. The lowest BCUT2D eigenvalue weighted by molar-refractivity contribution is -0.119. The lowest BCUT2D eigenvalue weighted by Gasteiger charge is -2.16. The van der Waals surface area contributed by atoms with Crippen LogP contribution in [0.1, 0.15) is 22.5 Å². The van der Waals surface area contributed by atoms with E-state index in [-0.39, 0.29) is 11.8 Å². The molecule has 0 fully saturated rings. The van der Waals surface area contributed by atoms with Gasteiger partial charge in [0.05, 0.1) is 40.3 Å². The molecule has 5 nitrogen and oxygen atoms in total. The van der Waals surface area contributed by atoms with Crippen LogP contribution in [0.3, 0.4) is 0 Å². The third-order valence-corrected chi connectivity index (χ3v) is 6.56. The number of rotatable bonds is 6. The van der Waals surface area contributed by atoms with Crippen molar-refractivity contribution in [3.8, 4) is 5.75 Å². The molecule has 3 aromatic rings. The van der Waals surface area contributed by atoms with Crippen molar-refractivity contribution in [1.29, 1.82) is 0 Å². The van der Waals surface area contributed by atoms with Crippen molar-refractivity contribution in [3.63, 3.8) is 0 Å². The van der Waals surface area contributed by atoms with E-state index in [4.69, 9.17) is 20.8 Å². The molecule has 0 N–H and O–H groups in total. The molecule has 31 heavy (non-hydrogen) atoms. The number of carbonyl (C=O) groups is 2. The number of nitrogens with zero attached hydrogens (tertiary/aromatic N) is 1. The SMILES string of the molecule is COc1ccc(N2C(=O)C(SCc3ccco3)=C(c3ccc(C)c(C)c3)C2=O)cc1Cl. The van der Waals surface area contributed by atoms with E-state index in [0.29, 0.717) is 38.3 Å². The molecule has 0 spiro atoms. The average molecular weight is 454 g/mol. The summed E-state index contributed by atoms with van der Waals surface area (Å²) in [6.45, 7) is 3.99. The number of thioether (sulfide) groups is 1. The van der Waals surface area contributed by atoms with Gasteiger partial charge in [0, 0.05) is 0 Å². The summed E-state index contributed by atoms with van der Waals surface area (Å²) in [4.78, 5) is 28.4. The van der Waals surface area contributed by atoms with E-state index in [2.05, 4.69) is 0 Å². The maximum atomic E-state index is 13.5. The second-order valence-corrected chi connectivity index (χ2v) is 8.53. The van der Waals surface area contributed by atoms with Crippen LogP contribution >= 0.6 is 23.4 Å². The average Bonchev–Trinajstić information content (AvgIpc) is 3.34. The number of hydrogen-bond acceptors (Lipinski definition) is 5. The van der Waals surface area contributed by atoms with Crippen molar-refractivity contribution in [1.82, 2.24) is 0 Å². The molecule has 0 saturated carbocycles. The highest BCUT2D eigenvalue weighted by Gasteiger charge is 2.40. The van der Waals surface area contributed by atoms with Gasteiger partial charge in [-0.25, -0.2) is 4.90 Å². The predicted octanol–water partition coefficient (Wildman–Crippen LogP) is 5.78. The molecule has 7 heteroatoms. The third kappa shape index (κ3) is 4.01. The van der Waals surface area contributed by atoms with Gasteiger partial charge in [0.2, 0.25) is 0 Å². The molecule has 2 aromatic carbocycles. The van der Waals surface area contributed by atoms with Gasteiger partial charge in [-0.3, -0.25) is 9.59 Å². The molecule has 0 aliphatic carbocycles. The second-order valence-electron chi connectivity index (χ2n) is 7.14. The predicted molar refractivity (Wildman–Crippen MR) is 123 cm³/mol. The molecule has 4 rings (SSSR count). The summed E-state index contributed by atoms with van der Waals surface area (Å²) >= 11 is 7.55. The normalized spacial score (nSPS) is 14.0. The number of aryl methyl sites for hydroxylation is 2. The molecule has 1 aliphatic heterocycles. The standard InChI is InChI=1S/C24H20ClNO4S/c1-14-6-7-16(11-15(14)2)21-22(31-13-18-5-4-10-30-18)24(28)26(23(21)27)17-8-9-20(29-3)19(25)12-17/h4-12H,13H2,1-3H3. The Hall–Kier alpha value is -2.96. The molecule has 0 atom stereocenters. The summed E-state index contributed by atoms with van der Waals surface area (Å²) in [6.07, 6.45) is 1.59. The number of imide groups is 1. The molecule has 1 aromatic heterocycles. The van der Waals surface area contributed by atoms with Crippen LogP contribution in [-0.2, 0) is 15.3 Å². The summed E-state index contributed by atoms with van der Waals surface area (Å²) < 4.78 is 10.6. The Morgan fingerprint density at radius 2 is 1.84 bits per heavy atom. The molecule has 0 unspecified atom stereocenters. The van der Waals surface area contributed by atoms with Crippen LogP contribution in [0.25, 0.3) is 5.57 Å². The van der Waals surface area contributed by atoms with Gasteiger partial charge >= 0.3 is 0 Å². The third-order valence-electron chi connectivity index (χ3n) is 5.17. The second kappa shape index (κ2) is 8.65. The minimum Gasteiger partial charge on any atom is -0.495 e. The first-order valence-corrected chi connectivity index (χ1v) is 11.0. The van der Waals surface area contributed by atoms with Crippen LogP contribution in [0.2, 0.25) is 5.02 Å². The highest BCUT2D eigenvalue weighted by atomic mass is 35.5. The zero-order valence-electron chi connectivity index (χ0n) is 17.3. The van der Waals surface area contributed by atoms with Crippen molar-refractivity contribution < 1.29 is 18.7 Å². The summed E-state index contributed by atoms with van der Waals surface area (Å²) in [6, 6.07) is 14.3. The van der Waals surface area contributed by atoms with E-state index in [1.807, 2.05) is 38.1 Å². The number of methoxy groups -OCH3 is 1. The highest BCUT2D eigenvalue weighted by molar-refractivity contribution is 8.03. The molecule has 158 valence electrons. The Bertz CT molecular complexity index is 1200. The highest BCUT2D eigenvalue weighted by Crippen LogP contribution is 2.41. The van der Waals surface area contributed by atoms with Crippen LogP contribution in [0.4, 0.5) is 5.69 Å². The van der Waals surface area contributed by atoms with E-state index < -0.39 is 0 Å². The monoisotopic (exact) mass is 453 g/mol. The van der Waals surface area contributed by atoms with Crippen LogP contribution in [0.15, 0.2) is 64.1 Å². The molecule has 2 heterocycles. The first-order chi connectivity index (χ1) is 14.9. The smallest absolute Gasteiger partial charge is 0.272 e. The maximum Gasteiger partial charge on any atom is 0.272 e. The molecule has 1 aliphatic rings. The Morgan fingerprint density at radius 3 is 2.48 bits per heavy atom. The number of hydrogen-bond donors (Lipinski definition) is 0. The summed E-state index contributed by atoms with van der Waals surface area (Å²) in [5.74, 6) is 0.877. The topological polar surface area (TPSA) is 59.8 Å². The van der Waals surface area contributed by atoms with Crippen molar-refractivity contribution in [3.05, 3.63) is 87.2 Å². The van der Waals surface area contributed by atoms with Crippen molar-refractivity contribution >= 4 is 46.4 Å². The minimum atomic E-state index is -0.379. The van der Waals surface area contributed by atoms with Gasteiger partial charge < -0.3 is 9.15 Å². The zero-order valence-corrected chi connectivity index (χ0v) is 18.8. The Labute approximate surface area is 189 Å². The van der Waals surface area contributed by atoms with E-state index in [1.54, 1.807) is 30.5 Å². The van der Waals surface area contributed by atoms with Crippen LogP contribution in [-0.4, -0.2) is 18.9 Å². The fourth-order valence-electron chi connectivity index (χ4n) is 3.36. The Balaban J connectivity index is 1.77. The van der Waals surface area contributed by atoms with Gasteiger partial charge in [-0.2, -0.15) is 0 Å². The number of furan rings is 1. The number of ether oxygens (including phenoxy) is 1. The van der Waals surface area contributed by atoms with E-state index in [0.717, 1.165) is 16.9 Å². The number of carbonyl (C=O) groups excluding carboxylic acids is 2. The van der Waals surface area contributed by atoms with E-state index in [1.165, 1.54) is 23.8 Å². The number of benzene rings is 2. The van der Waals surface area contributed by atoms with Gasteiger partial charge in [-0.1, -0.05) is 29.8 Å². The van der Waals surface area contributed by atoms with Gasteiger partial charge in [-0.05, 0) is 60.9 Å². The first kappa shape index (κ1) is 21.3. The fraction of sp³-hybridized carbons (Fsp3) is 0.167. The maximum absolute atomic E-state index is 13.5. The quantitative estimate of drug-likeness (QED) is 0.443. The van der Waals surface area contributed by atoms with Crippen molar-refractivity contribution in [2.24, 2.45) is 0 Å². The fourth-order valence-corrected chi connectivity index (χ4v) is 4.63. The van der Waals surface area contributed by atoms with Gasteiger partial charge in [0.25, 0.3) is 11.8 Å². The Morgan fingerprint density at radius 1 is 1.03 bits per heavy atom. The van der Waals surface area contributed by atoms with Gasteiger partial charge in [0.15, 0.2) is 0 Å². The van der Waals surface area contributed by atoms with E-state index >= 15 is 0 Å². The summed E-state index contributed by atoms with van der Waals surface area (Å²) in [7, 11) is 1.51. The minimum absolute atomic E-state index is 0.324. The summed E-state index contributed by atoms with van der Waals surface area (Å²) in [5, 5.41) is 0.324. The molecule has 0 bridgehead atoms. The lowest BCUT2D eigenvalue weighted by atomic mass is 10.0. The molecule has 2 amide bonds. The largest absolute Gasteiger partial charge is 0.495 e. The van der Waals surface area contributed by atoms with Crippen molar-refractivity contribution in [2.75, 3.05) is 12.0 Å². The van der Waals surface area contributed by atoms with E-state index in [9.17, 15) is 9.59 Å². The Kier molecular flexibility index (Phi) is 5.94.